The van der Waals surface area contributed by atoms with Crippen molar-refractivity contribution in [1.82, 2.24) is 0 Å². The Labute approximate surface area is 114 Å². The van der Waals surface area contributed by atoms with Crippen LogP contribution >= 0.6 is 0 Å². The van der Waals surface area contributed by atoms with Gasteiger partial charge in [0, 0.05) is 5.69 Å². The van der Waals surface area contributed by atoms with Crippen molar-refractivity contribution in [3.63, 3.8) is 0 Å². The average Bonchev–Trinajstić information content (AvgIpc) is 2.43. The van der Waals surface area contributed by atoms with E-state index < -0.39 is 0 Å². The maximum atomic E-state index is 9.95. The first-order chi connectivity index (χ1) is 9.15. The highest BCUT2D eigenvalue weighted by Crippen LogP contribution is 2.09. The van der Waals surface area contributed by atoms with Gasteiger partial charge in [0.25, 0.3) is 0 Å². The summed E-state index contributed by atoms with van der Waals surface area (Å²) in [5, 5.41) is 2.55. The molecule has 3 nitrogen and oxygen atoms in total. The number of carbonyl (C=O) groups excluding carboxylic acids is 1. The summed E-state index contributed by atoms with van der Waals surface area (Å²) in [6, 6.07) is 15.6. The molecule has 0 spiro atoms. The molecule has 100 valence electrons. The van der Waals surface area contributed by atoms with Crippen LogP contribution in [0.15, 0.2) is 48.5 Å². The Bertz CT molecular complexity index is 489. The first-order valence-corrected chi connectivity index (χ1v) is 6.03. The summed E-state index contributed by atoms with van der Waals surface area (Å²) in [6.07, 6.45) is 0.671. The monoisotopic (exact) mass is 257 g/mol. The van der Waals surface area contributed by atoms with Crippen LogP contribution in [0, 0.1) is 13.8 Å². The summed E-state index contributed by atoms with van der Waals surface area (Å²) < 4.78 is 4.97. The third kappa shape index (κ3) is 5.73. The summed E-state index contributed by atoms with van der Waals surface area (Å²) in [6.45, 7) is 4.06. The minimum absolute atomic E-state index is 0.671. The molecule has 0 aliphatic rings. The number of hydrogen-bond donors (Lipinski definition) is 1. The molecule has 0 radical (unpaired) electrons. The molecule has 2 aromatic rings. The molecule has 0 aliphatic carbocycles. The van der Waals surface area contributed by atoms with E-state index in [2.05, 4.69) is 12.2 Å². The van der Waals surface area contributed by atoms with Gasteiger partial charge in [-0.15, -0.1) is 0 Å². The molecular formula is C16H19NO2. The van der Waals surface area contributed by atoms with Crippen LogP contribution < -0.4 is 10.1 Å². The maximum absolute atomic E-state index is 9.95. The smallest absolute Gasteiger partial charge is 0.211 e. The molecule has 1 amide bonds. The topological polar surface area (TPSA) is 38.3 Å². The molecule has 0 saturated carbocycles. The molecule has 0 heterocycles. The summed E-state index contributed by atoms with van der Waals surface area (Å²) in [5.41, 5.74) is 3.29. The van der Waals surface area contributed by atoms with E-state index in [1.807, 2.05) is 55.5 Å². The van der Waals surface area contributed by atoms with E-state index in [-0.39, 0.29) is 0 Å². The van der Waals surface area contributed by atoms with Gasteiger partial charge in [-0.25, -0.2) is 0 Å². The largest absolute Gasteiger partial charge is 0.497 e. The third-order valence-corrected chi connectivity index (χ3v) is 2.53. The first kappa shape index (κ1) is 14.8. The van der Waals surface area contributed by atoms with Crippen molar-refractivity contribution in [2.45, 2.75) is 13.8 Å². The predicted octanol–water partition coefficient (Wildman–Crippen LogP) is 3.57. The van der Waals surface area contributed by atoms with Crippen LogP contribution in [0.3, 0.4) is 0 Å². The van der Waals surface area contributed by atoms with Gasteiger partial charge in [-0.2, -0.15) is 0 Å². The van der Waals surface area contributed by atoms with Crippen molar-refractivity contribution >= 4 is 12.1 Å². The lowest BCUT2D eigenvalue weighted by molar-refractivity contribution is -0.105. The Kier molecular flexibility index (Phi) is 6.16. The van der Waals surface area contributed by atoms with Gasteiger partial charge in [-0.05, 0) is 38.1 Å². The van der Waals surface area contributed by atoms with E-state index in [0.29, 0.717) is 6.41 Å². The Hall–Kier alpha value is -2.29. The van der Waals surface area contributed by atoms with Crippen LogP contribution in [-0.2, 0) is 4.79 Å². The van der Waals surface area contributed by atoms with E-state index in [0.717, 1.165) is 11.4 Å². The highest BCUT2D eigenvalue weighted by molar-refractivity contribution is 5.70. The molecule has 0 saturated heterocycles. The highest BCUT2D eigenvalue weighted by atomic mass is 16.5. The van der Waals surface area contributed by atoms with Crippen LogP contribution in [0.4, 0.5) is 5.69 Å². The van der Waals surface area contributed by atoms with Crippen LogP contribution in [-0.4, -0.2) is 13.5 Å². The van der Waals surface area contributed by atoms with Crippen molar-refractivity contribution < 1.29 is 9.53 Å². The maximum Gasteiger partial charge on any atom is 0.211 e. The number of nitrogens with one attached hydrogen (secondary N) is 1. The number of carbonyl (C=O) groups is 1. The van der Waals surface area contributed by atoms with Gasteiger partial charge in [0.2, 0.25) is 6.41 Å². The van der Waals surface area contributed by atoms with Crippen LogP contribution in [0.1, 0.15) is 11.1 Å². The highest BCUT2D eigenvalue weighted by Gasteiger charge is 1.86. The Balaban J connectivity index is 0.000000191. The van der Waals surface area contributed by atoms with E-state index >= 15 is 0 Å². The first-order valence-electron chi connectivity index (χ1n) is 6.03. The quantitative estimate of drug-likeness (QED) is 0.854. The molecule has 0 bridgehead atoms. The predicted molar refractivity (Wildman–Crippen MR) is 78.6 cm³/mol. The standard InChI is InChI=1S/C8H9NO.C8H10O/c1-7-2-4-8(5-3-7)9-6-10;1-7-3-5-8(9-2)6-4-7/h2-6H,1H3,(H,9,10);3-6H,1-2H3. The van der Waals surface area contributed by atoms with E-state index in [9.17, 15) is 4.79 Å². The minimum Gasteiger partial charge on any atom is -0.497 e. The lowest BCUT2D eigenvalue weighted by atomic mass is 10.2. The zero-order valence-electron chi connectivity index (χ0n) is 11.5. The summed E-state index contributed by atoms with van der Waals surface area (Å²) >= 11 is 0. The molecule has 0 aliphatic heterocycles. The van der Waals surface area contributed by atoms with Crippen LogP contribution in [0.5, 0.6) is 5.75 Å². The van der Waals surface area contributed by atoms with Gasteiger partial charge in [0.1, 0.15) is 5.75 Å². The number of benzene rings is 2. The number of rotatable bonds is 3. The lowest BCUT2D eigenvalue weighted by Gasteiger charge is -1.97. The van der Waals surface area contributed by atoms with E-state index in [1.54, 1.807) is 7.11 Å². The van der Waals surface area contributed by atoms with Gasteiger partial charge < -0.3 is 10.1 Å². The zero-order chi connectivity index (χ0) is 14.1. The summed E-state index contributed by atoms with van der Waals surface area (Å²) in [4.78, 5) is 9.95. The van der Waals surface area contributed by atoms with Crippen LogP contribution in [0.25, 0.3) is 0 Å². The fourth-order valence-electron chi connectivity index (χ4n) is 1.39. The average molecular weight is 257 g/mol. The van der Waals surface area contributed by atoms with Gasteiger partial charge >= 0.3 is 0 Å². The molecule has 0 atom stereocenters. The van der Waals surface area contributed by atoms with E-state index in [4.69, 9.17) is 4.74 Å². The normalized spacial score (nSPS) is 9.00. The number of anilines is 1. The van der Waals surface area contributed by atoms with Crippen LogP contribution in [0.2, 0.25) is 0 Å². The third-order valence-electron chi connectivity index (χ3n) is 2.53. The molecule has 0 unspecified atom stereocenters. The minimum atomic E-state index is 0.671. The number of amides is 1. The second kappa shape index (κ2) is 7.93. The van der Waals surface area contributed by atoms with Crippen molar-refractivity contribution in [3.05, 3.63) is 59.7 Å². The molecule has 2 rings (SSSR count). The molecule has 2 aromatic carbocycles. The molecule has 0 aromatic heterocycles. The van der Waals surface area contributed by atoms with Gasteiger partial charge in [0.05, 0.1) is 7.11 Å². The molecule has 19 heavy (non-hydrogen) atoms. The SMILES string of the molecule is COc1ccc(C)cc1.Cc1ccc(NC=O)cc1. The number of aryl methyl sites for hydroxylation is 2. The van der Waals surface area contributed by atoms with Gasteiger partial charge in [0.15, 0.2) is 0 Å². The lowest BCUT2D eigenvalue weighted by Crippen LogP contribution is -1.92. The number of hydrogen-bond acceptors (Lipinski definition) is 2. The Morgan fingerprint density at radius 3 is 1.79 bits per heavy atom. The fourth-order valence-corrected chi connectivity index (χ4v) is 1.39. The molecular weight excluding hydrogens is 238 g/mol. The Morgan fingerprint density at radius 1 is 0.895 bits per heavy atom. The van der Waals surface area contributed by atoms with Crippen molar-refractivity contribution in [1.29, 1.82) is 0 Å². The van der Waals surface area contributed by atoms with Crippen molar-refractivity contribution in [2.24, 2.45) is 0 Å². The molecule has 1 N–H and O–H groups in total. The van der Waals surface area contributed by atoms with Gasteiger partial charge in [-0.3, -0.25) is 4.79 Å². The fraction of sp³-hybridized carbons (Fsp3) is 0.188. The van der Waals surface area contributed by atoms with Gasteiger partial charge in [-0.1, -0.05) is 35.4 Å². The second-order valence-corrected chi connectivity index (χ2v) is 4.15. The summed E-state index contributed by atoms with van der Waals surface area (Å²) in [7, 11) is 1.67. The number of methoxy groups -OCH3 is 1. The number of ether oxygens (including phenoxy) is 1. The molecule has 3 heteroatoms. The second-order valence-electron chi connectivity index (χ2n) is 4.15. The molecule has 0 fully saturated rings. The van der Waals surface area contributed by atoms with Crippen molar-refractivity contribution in [3.8, 4) is 5.75 Å². The summed E-state index contributed by atoms with van der Waals surface area (Å²) in [5.74, 6) is 0.917. The van der Waals surface area contributed by atoms with Crippen molar-refractivity contribution in [2.75, 3.05) is 12.4 Å². The van der Waals surface area contributed by atoms with E-state index in [1.165, 1.54) is 11.1 Å². The Morgan fingerprint density at radius 2 is 1.37 bits per heavy atom. The zero-order valence-corrected chi connectivity index (χ0v) is 11.5.